The highest BCUT2D eigenvalue weighted by atomic mass is 19.4. The number of anilines is 1. The summed E-state index contributed by atoms with van der Waals surface area (Å²) in [5, 5.41) is 5.25. The van der Waals surface area contributed by atoms with Gasteiger partial charge in [-0.1, -0.05) is 12.1 Å². The van der Waals surface area contributed by atoms with Crippen LogP contribution in [0.25, 0.3) is 0 Å². The molecule has 3 rings (SSSR count). The molecule has 1 fully saturated rings. The molecule has 4 N–H and O–H groups in total. The zero-order valence-electron chi connectivity index (χ0n) is 16.6. The van der Waals surface area contributed by atoms with Crippen LogP contribution in [0.4, 0.5) is 23.7 Å². The third-order valence-corrected chi connectivity index (χ3v) is 4.98. The van der Waals surface area contributed by atoms with Crippen molar-refractivity contribution in [2.75, 3.05) is 38.2 Å². The molecule has 1 aliphatic rings. The Hall–Kier alpha value is -3.11. The van der Waals surface area contributed by atoms with Gasteiger partial charge >= 0.3 is 12.2 Å². The molecule has 0 radical (unpaired) electrons. The number of primary amides is 1. The van der Waals surface area contributed by atoms with Gasteiger partial charge in [0.25, 0.3) is 5.91 Å². The number of alkyl halides is 3. The number of nitrogens with zero attached hydrogens (tertiary/aromatic N) is 1. The van der Waals surface area contributed by atoms with Crippen LogP contribution in [0.3, 0.4) is 0 Å². The van der Waals surface area contributed by atoms with Crippen LogP contribution in [0.15, 0.2) is 48.5 Å². The molecule has 10 heteroatoms. The Bertz CT molecular complexity index is 896. The molecule has 0 aromatic heterocycles. The predicted molar refractivity (Wildman–Crippen MR) is 109 cm³/mol. The third-order valence-electron chi connectivity index (χ3n) is 4.98. The standard InChI is InChI=1S/C21H23F3N4O3/c22-21(23,24)16-5-1-14(2-6-16)18(28-9-11-31-12-10-28)13-26-19(29)15-3-7-17(8-4-15)27-20(25)30/h1-8,18H,9-13H2,(H,26,29)(H3,25,27,30). The van der Waals surface area contributed by atoms with E-state index in [1.807, 2.05) is 0 Å². The van der Waals surface area contributed by atoms with Crippen molar-refractivity contribution in [3.63, 3.8) is 0 Å². The van der Waals surface area contributed by atoms with E-state index in [0.29, 0.717) is 43.1 Å². The molecule has 7 nitrogen and oxygen atoms in total. The van der Waals surface area contributed by atoms with Gasteiger partial charge in [-0.05, 0) is 42.0 Å². The number of hydrogen-bond donors (Lipinski definition) is 3. The fraction of sp³-hybridized carbons (Fsp3) is 0.333. The normalized spacial score (nSPS) is 15.8. The van der Waals surface area contributed by atoms with Gasteiger partial charge in [-0.2, -0.15) is 13.2 Å². The van der Waals surface area contributed by atoms with Crippen molar-refractivity contribution in [1.82, 2.24) is 10.2 Å². The summed E-state index contributed by atoms with van der Waals surface area (Å²) in [6, 6.07) is 10.2. The van der Waals surface area contributed by atoms with E-state index < -0.39 is 17.8 Å². The molecule has 1 aliphatic heterocycles. The number of urea groups is 1. The monoisotopic (exact) mass is 436 g/mol. The smallest absolute Gasteiger partial charge is 0.379 e. The van der Waals surface area contributed by atoms with Crippen LogP contribution in [0.2, 0.25) is 0 Å². The van der Waals surface area contributed by atoms with E-state index in [1.165, 1.54) is 12.1 Å². The molecule has 31 heavy (non-hydrogen) atoms. The Kier molecular flexibility index (Phi) is 7.13. The second-order valence-electron chi connectivity index (χ2n) is 7.06. The molecule has 0 spiro atoms. The van der Waals surface area contributed by atoms with E-state index in [1.54, 1.807) is 24.3 Å². The van der Waals surface area contributed by atoms with E-state index in [-0.39, 0.29) is 18.5 Å². The number of carbonyl (C=O) groups excluding carboxylic acids is 2. The first-order valence-electron chi connectivity index (χ1n) is 9.68. The molecule has 0 aliphatic carbocycles. The highest BCUT2D eigenvalue weighted by Crippen LogP contribution is 2.31. The maximum absolute atomic E-state index is 12.9. The zero-order valence-corrected chi connectivity index (χ0v) is 16.6. The molecule has 0 bridgehead atoms. The third kappa shape index (κ3) is 6.19. The van der Waals surface area contributed by atoms with Crippen LogP contribution in [-0.2, 0) is 10.9 Å². The van der Waals surface area contributed by atoms with Crippen LogP contribution in [0, 0.1) is 0 Å². The summed E-state index contributed by atoms with van der Waals surface area (Å²) in [5.41, 5.74) is 5.85. The van der Waals surface area contributed by atoms with Gasteiger partial charge in [0, 0.05) is 30.9 Å². The van der Waals surface area contributed by atoms with Gasteiger partial charge in [0.05, 0.1) is 24.8 Å². The molecule has 2 aromatic carbocycles. The minimum absolute atomic E-state index is 0.214. The van der Waals surface area contributed by atoms with E-state index >= 15 is 0 Å². The van der Waals surface area contributed by atoms with Crippen LogP contribution in [0.1, 0.15) is 27.5 Å². The Labute approximate surface area is 177 Å². The minimum Gasteiger partial charge on any atom is -0.379 e. The van der Waals surface area contributed by atoms with Crippen molar-refractivity contribution in [3.05, 3.63) is 65.2 Å². The Morgan fingerprint density at radius 2 is 1.65 bits per heavy atom. The molecule has 1 atom stereocenters. The number of nitrogens with one attached hydrogen (secondary N) is 2. The van der Waals surface area contributed by atoms with Crippen molar-refractivity contribution in [3.8, 4) is 0 Å². The Balaban J connectivity index is 1.71. The lowest BCUT2D eigenvalue weighted by atomic mass is 10.0. The average Bonchev–Trinajstić information content (AvgIpc) is 2.74. The van der Waals surface area contributed by atoms with Crippen LogP contribution in [-0.4, -0.2) is 49.7 Å². The number of halogens is 3. The first-order valence-corrected chi connectivity index (χ1v) is 9.68. The summed E-state index contributed by atoms with van der Waals surface area (Å²) in [7, 11) is 0. The lowest BCUT2D eigenvalue weighted by Gasteiger charge is -2.35. The number of nitrogens with two attached hydrogens (primary N) is 1. The lowest BCUT2D eigenvalue weighted by molar-refractivity contribution is -0.137. The van der Waals surface area contributed by atoms with E-state index in [2.05, 4.69) is 15.5 Å². The summed E-state index contributed by atoms with van der Waals surface area (Å²) < 4.78 is 44.1. The SMILES string of the molecule is NC(=O)Nc1ccc(C(=O)NCC(c2ccc(C(F)(F)F)cc2)N2CCOCC2)cc1. The molecule has 3 amide bonds. The predicted octanol–water partition coefficient (Wildman–Crippen LogP) is 3.00. The quantitative estimate of drug-likeness (QED) is 0.649. The summed E-state index contributed by atoms with van der Waals surface area (Å²) in [4.78, 5) is 25.5. The van der Waals surface area contributed by atoms with E-state index in [9.17, 15) is 22.8 Å². The van der Waals surface area contributed by atoms with E-state index in [4.69, 9.17) is 10.5 Å². The van der Waals surface area contributed by atoms with Crippen molar-refractivity contribution in [2.24, 2.45) is 5.73 Å². The topological polar surface area (TPSA) is 96.7 Å². The number of morpholine rings is 1. The average molecular weight is 436 g/mol. The second kappa shape index (κ2) is 9.80. The fourth-order valence-corrected chi connectivity index (χ4v) is 3.38. The van der Waals surface area contributed by atoms with Crippen molar-refractivity contribution < 1.29 is 27.5 Å². The number of rotatable bonds is 6. The van der Waals surface area contributed by atoms with Gasteiger partial charge in [0.1, 0.15) is 0 Å². The first-order chi connectivity index (χ1) is 14.7. The van der Waals surface area contributed by atoms with Gasteiger partial charge in [0.2, 0.25) is 0 Å². The van der Waals surface area contributed by atoms with Crippen LogP contribution in [0.5, 0.6) is 0 Å². The fourth-order valence-electron chi connectivity index (χ4n) is 3.38. The molecule has 166 valence electrons. The van der Waals surface area contributed by atoms with Crippen LogP contribution >= 0.6 is 0 Å². The molecule has 2 aromatic rings. The largest absolute Gasteiger partial charge is 0.416 e. The van der Waals surface area contributed by atoms with Crippen molar-refractivity contribution in [1.29, 1.82) is 0 Å². The number of carbonyl (C=O) groups is 2. The van der Waals surface area contributed by atoms with Crippen molar-refractivity contribution in [2.45, 2.75) is 12.2 Å². The van der Waals surface area contributed by atoms with Gasteiger partial charge in [0.15, 0.2) is 0 Å². The van der Waals surface area contributed by atoms with Gasteiger partial charge in [-0.15, -0.1) is 0 Å². The zero-order chi connectivity index (χ0) is 22.4. The number of hydrogen-bond acceptors (Lipinski definition) is 4. The minimum atomic E-state index is -4.41. The summed E-state index contributed by atoms with van der Waals surface area (Å²) in [6.45, 7) is 2.45. The lowest BCUT2D eigenvalue weighted by Crippen LogP contribution is -2.43. The number of amides is 3. The van der Waals surface area contributed by atoms with Crippen molar-refractivity contribution >= 4 is 17.6 Å². The van der Waals surface area contributed by atoms with Gasteiger partial charge in [-0.3, -0.25) is 9.69 Å². The molecule has 1 unspecified atom stereocenters. The molecular weight excluding hydrogens is 413 g/mol. The summed E-state index contributed by atoms with van der Waals surface area (Å²) in [6.07, 6.45) is -4.41. The van der Waals surface area contributed by atoms with Gasteiger partial charge < -0.3 is 21.1 Å². The molecule has 1 saturated heterocycles. The second-order valence-corrected chi connectivity index (χ2v) is 7.06. The van der Waals surface area contributed by atoms with Crippen LogP contribution < -0.4 is 16.4 Å². The van der Waals surface area contributed by atoms with Gasteiger partial charge in [-0.25, -0.2) is 4.79 Å². The maximum Gasteiger partial charge on any atom is 0.416 e. The Morgan fingerprint density at radius 1 is 1.03 bits per heavy atom. The summed E-state index contributed by atoms with van der Waals surface area (Å²) >= 11 is 0. The number of ether oxygens (including phenoxy) is 1. The van der Waals surface area contributed by atoms with E-state index in [0.717, 1.165) is 12.1 Å². The molecule has 0 saturated carbocycles. The summed E-state index contributed by atoms with van der Waals surface area (Å²) in [5.74, 6) is -0.337. The maximum atomic E-state index is 12.9. The number of benzene rings is 2. The molecular formula is C21H23F3N4O3. The highest BCUT2D eigenvalue weighted by molar-refractivity contribution is 5.95. The molecule has 1 heterocycles. The first kappa shape index (κ1) is 22.6. The highest BCUT2D eigenvalue weighted by Gasteiger charge is 2.31. The Morgan fingerprint density at radius 3 is 2.19 bits per heavy atom.